The molecule has 26 heavy (non-hydrogen) atoms. The zero-order valence-corrected chi connectivity index (χ0v) is 16.1. The number of benzene rings is 2. The number of aldehydes is 1. The van der Waals surface area contributed by atoms with Crippen LogP contribution in [0.5, 0.6) is 5.75 Å². The predicted octanol–water partition coefficient (Wildman–Crippen LogP) is 3.82. The third kappa shape index (κ3) is 5.46. The Bertz CT molecular complexity index is 751. The number of ether oxygens (including phenoxy) is 1. The van der Waals surface area contributed by atoms with Gasteiger partial charge >= 0.3 is 0 Å². The van der Waals surface area contributed by atoms with Crippen LogP contribution < -0.4 is 10.5 Å². The SMILES string of the molecule is CC1Cc2cc(OCC=O)c(Cl)c(Cl)c2C1=O.CO.Nc1ccccc1. The Morgan fingerprint density at radius 3 is 2.35 bits per heavy atom. The number of halogens is 2. The quantitative estimate of drug-likeness (QED) is 0.606. The molecule has 3 rings (SSSR count). The van der Waals surface area contributed by atoms with E-state index in [1.54, 1.807) is 6.07 Å². The molecule has 2 aromatic rings. The van der Waals surface area contributed by atoms with Gasteiger partial charge in [0.2, 0.25) is 0 Å². The number of fused-ring (bicyclic) bond motifs is 1. The molecule has 0 radical (unpaired) electrons. The summed E-state index contributed by atoms with van der Waals surface area (Å²) in [5.74, 6) is 0.276. The van der Waals surface area contributed by atoms with Crippen LogP contribution in [0.3, 0.4) is 0 Å². The fourth-order valence-electron chi connectivity index (χ4n) is 2.43. The summed E-state index contributed by atoms with van der Waals surface area (Å²) in [7, 11) is 1.00. The van der Waals surface area contributed by atoms with Gasteiger partial charge in [0.15, 0.2) is 12.1 Å². The first-order valence-electron chi connectivity index (χ1n) is 7.82. The Kier molecular flexibility index (Phi) is 9.13. The Morgan fingerprint density at radius 2 is 1.85 bits per heavy atom. The molecule has 3 N–H and O–H groups in total. The Hall–Kier alpha value is -2.08. The largest absolute Gasteiger partial charge is 0.485 e. The molecule has 1 aliphatic carbocycles. The Labute approximate surface area is 162 Å². The molecule has 0 saturated heterocycles. The first-order valence-corrected chi connectivity index (χ1v) is 8.58. The molecular weight excluding hydrogens is 377 g/mol. The Balaban J connectivity index is 0.000000313. The van der Waals surface area contributed by atoms with Crippen LogP contribution >= 0.6 is 23.2 Å². The molecular formula is C19H21Cl2NO4. The van der Waals surface area contributed by atoms with Crippen molar-refractivity contribution in [2.24, 2.45) is 5.92 Å². The van der Waals surface area contributed by atoms with E-state index >= 15 is 0 Å². The number of hydrogen-bond donors (Lipinski definition) is 2. The highest BCUT2D eigenvalue weighted by Gasteiger charge is 2.31. The number of carbonyl (C=O) groups excluding carboxylic acids is 2. The zero-order chi connectivity index (χ0) is 19.7. The number of para-hydroxylation sites is 1. The van der Waals surface area contributed by atoms with E-state index in [1.165, 1.54) is 0 Å². The molecule has 2 aromatic carbocycles. The summed E-state index contributed by atoms with van der Waals surface area (Å²) in [6.07, 6.45) is 1.26. The number of aliphatic hydroxyl groups excluding tert-OH is 1. The molecule has 1 aliphatic rings. The molecule has 140 valence electrons. The standard InChI is InChI=1S/C12H10Cl2O3.C6H7N.CH4O/c1-6-4-7-5-8(17-3-2-15)10(13)11(14)9(7)12(6)16;7-6-4-2-1-3-5-6;1-2/h2,5-6H,3-4H2,1H3;1-5H,7H2;2H,1H3. The van der Waals surface area contributed by atoms with Crippen molar-refractivity contribution in [3.8, 4) is 5.75 Å². The van der Waals surface area contributed by atoms with Crippen LogP contribution in [0.25, 0.3) is 0 Å². The minimum Gasteiger partial charge on any atom is -0.485 e. The van der Waals surface area contributed by atoms with Crippen LogP contribution in [-0.4, -0.2) is 30.9 Å². The van der Waals surface area contributed by atoms with Crippen molar-refractivity contribution < 1.29 is 19.4 Å². The molecule has 5 nitrogen and oxygen atoms in total. The van der Waals surface area contributed by atoms with E-state index in [4.69, 9.17) is 38.8 Å². The number of hydrogen-bond acceptors (Lipinski definition) is 5. The third-order valence-electron chi connectivity index (χ3n) is 3.58. The van der Waals surface area contributed by atoms with Gasteiger partial charge in [-0.15, -0.1) is 0 Å². The maximum absolute atomic E-state index is 11.9. The number of anilines is 1. The van der Waals surface area contributed by atoms with Gasteiger partial charge in [-0.25, -0.2) is 0 Å². The lowest BCUT2D eigenvalue weighted by Gasteiger charge is -2.09. The van der Waals surface area contributed by atoms with E-state index in [1.807, 2.05) is 37.3 Å². The molecule has 0 fully saturated rings. The van der Waals surface area contributed by atoms with Crippen LogP contribution in [0.2, 0.25) is 10.0 Å². The average Bonchev–Trinajstić information content (AvgIpc) is 2.94. The van der Waals surface area contributed by atoms with E-state index in [-0.39, 0.29) is 28.4 Å². The van der Waals surface area contributed by atoms with Crippen molar-refractivity contribution >= 4 is 41.0 Å². The molecule has 0 aromatic heterocycles. The summed E-state index contributed by atoms with van der Waals surface area (Å²) in [4.78, 5) is 22.1. The molecule has 1 unspecified atom stereocenters. The van der Waals surface area contributed by atoms with Gasteiger partial charge in [0.1, 0.15) is 17.4 Å². The maximum Gasteiger partial charge on any atom is 0.167 e. The van der Waals surface area contributed by atoms with Crippen LogP contribution in [-0.2, 0) is 11.2 Å². The van der Waals surface area contributed by atoms with Crippen LogP contribution in [0.15, 0.2) is 36.4 Å². The summed E-state index contributed by atoms with van der Waals surface area (Å²) in [5.41, 5.74) is 7.50. The highest BCUT2D eigenvalue weighted by atomic mass is 35.5. The smallest absolute Gasteiger partial charge is 0.167 e. The highest BCUT2D eigenvalue weighted by molar-refractivity contribution is 6.45. The van der Waals surface area contributed by atoms with E-state index < -0.39 is 0 Å². The van der Waals surface area contributed by atoms with Crippen molar-refractivity contribution in [3.05, 3.63) is 57.6 Å². The summed E-state index contributed by atoms with van der Waals surface area (Å²) in [6, 6.07) is 11.2. The van der Waals surface area contributed by atoms with Gasteiger partial charge in [-0.2, -0.15) is 0 Å². The second kappa shape index (κ2) is 10.8. The lowest BCUT2D eigenvalue weighted by Crippen LogP contribution is -2.04. The van der Waals surface area contributed by atoms with Crippen molar-refractivity contribution in [2.75, 3.05) is 19.5 Å². The summed E-state index contributed by atoms with van der Waals surface area (Å²) < 4.78 is 5.17. The monoisotopic (exact) mass is 397 g/mol. The predicted molar refractivity (Wildman–Crippen MR) is 104 cm³/mol. The summed E-state index contributed by atoms with van der Waals surface area (Å²) in [6.45, 7) is 1.76. The van der Waals surface area contributed by atoms with E-state index in [0.717, 1.165) is 18.4 Å². The van der Waals surface area contributed by atoms with Crippen molar-refractivity contribution in [1.29, 1.82) is 0 Å². The number of nitrogen functional groups attached to an aromatic ring is 1. The van der Waals surface area contributed by atoms with Gasteiger partial charge < -0.3 is 15.6 Å². The van der Waals surface area contributed by atoms with E-state index in [9.17, 15) is 9.59 Å². The Morgan fingerprint density at radius 1 is 1.23 bits per heavy atom. The van der Waals surface area contributed by atoms with E-state index in [0.29, 0.717) is 24.0 Å². The second-order valence-electron chi connectivity index (χ2n) is 5.39. The normalized spacial score (nSPS) is 14.3. The number of carbonyl (C=O) groups is 2. The van der Waals surface area contributed by atoms with Gasteiger partial charge in [-0.3, -0.25) is 9.59 Å². The molecule has 1 atom stereocenters. The molecule has 0 saturated carbocycles. The van der Waals surface area contributed by atoms with Gasteiger partial charge in [0.05, 0.1) is 5.02 Å². The topological polar surface area (TPSA) is 89.6 Å². The summed E-state index contributed by atoms with van der Waals surface area (Å²) in [5, 5.41) is 7.41. The van der Waals surface area contributed by atoms with Gasteiger partial charge in [0.25, 0.3) is 0 Å². The second-order valence-corrected chi connectivity index (χ2v) is 6.15. The average molecular weight is 398 g/mol. The summed E-state index contributed by atoms with van der Waals surface area (Å²) >= 11 is 12.1. The molecule has 7 heteroatoms. The van der Waals surface area contributed by atoms with Crippen LogP contribution in [0, 0.1) is 5.92 Å². The van der Waals surface area contributed by atoms with Gasteiger partial charge in [0, 0.05) is 24.3 Å². The molecule has 0 spiro atoms. The minimum absolute atomic E-state index is 0.00818. The fourth-order valence-corrected chi connectivity index (χ4v) is 2.94. The maximum atomic E-state index is 11.9. The minimum atomic E-state index is -0.0850. The highest BCUT2D eigenvalue weighted by Crippen LogP contribution is 2.41. The lowest BCUT2D eigenvalue weighted by atomic mass is 10.1. The number of nitrogens with two attached hydrogens (primary N) is 1. The first kappa shape index (κ1) is 22.0. The molecule has 0 amide bonds. The zero-order valence-electron chi connectivity index (χ0n) is 14.5. The van der Waals surface area contributed by atoms with Gasteiger partial charge in [-0.1, -0.05) is 48.3 Å². The fraction of sp³-hybridized carbons (Fsp3) is 0.263. The van der Waals surface area contributed by atoms with Gasteiger partial charge in [-0.05, 0) is 30.2 Å². The molecule has 0 aliphatic heterocycles. The number of rotatable bonds is 3. The van der Waals surface area contributed by atoms with Crippen molar-refractivity contribution in [1.82, 2.24) is 0 Å². The van der Waals surface area contributed by atoms with Crippen molar-refractivity contribution in [3.63, 3.8) is 0 Å². The van der Waals surface area contributed by atoms with Crippen LogP contribution in [0.4, 0.5) is 5.69 Å². The molecule has 0 bridgehead atoms. The first-order chi connectivity index (χ1) is 12.5. The van der Waals surface area contributed by atoms with Crippen molar-refractivity contribution in [2.45, 2.75) is 13.3 Å². The molecule has 0 heterocycles. The van der Waals surface area contributed by atoms with Crippen LogP contribution in [0.1, 0.15) is 22.8 Å². The number of aliphatic hydroxyl groups is 1. The lowest BCUT2D eigenvalue weighted by molar-refractivity contribution is -0.109. The van der Waals surface area contributed by atoms with E-state index in [2.05, 4.69) is 0 Å². The number of Topliss-reactive ketones (excluding diaryl/α,β-unsaturated/α-hetero) is 1. The number of ketones is 1. The third-order valence-corrected chi connectivity index (χ3v) is 4.43.